The van der Waals surface area contributed by atoms with E-state index in [0.29, 0.717) is 5.88 Å². The van der Waals surface area contributed by atoms with Gasteiger partial charge in [0.1, 0.15) is 0 Å². The number of aryl methyl sites for hydroxylation is 1. The summed E-state index contributed by atoms with van der Waals surface area (Å²) >= 11 is 7.19. The average molecular weight is 262 g/mol. The first kappa shape index (κ1) is 12.7. The second-order valence-electron chi connectivity index (χ2n) is 4.51. The predicted molar refractivity (Wildman–Crippen MR) is 70.2 cm³/mol. The molecule has 1 heterocycles. The number of halogens is 1. The third-order valence-corrected chi connectivity index (χ3v) is 5.75. The molecule has 0 aliphatic heterocycles. The molecule has 5 heteroatoms. The lowest BCUT2D eigenvalue weighted by atomic mass is 10.3. The molecule has 0 spiro atoms. The number of carbonyl (C=O) groups is 1. The third-order valence-electron chi connectivity index (χ3n) is 2.16. The zero-order valence-corrected chi connectivity index (χ0v) is 11.8. The third kappa shape index (κ3) is 3.06. The van der Waals surface area contributed by atoms with Crippen LogP contribution in [-0.4, -0.2) is 19.9 Å². The Balaban J connectivity index is 3.18. The second kappa shape index (κ2) is 4.68. The Morgan fingerprint density at radius 2 is 2.13 bits per heavy atom. The number of hydrogen-bond acceptors (Lipinski definition) is 2. The van der Waals surface area contributed by atoms with Crippen molar-refractivity contribution in [3.63, 3.8) is 0 Å². The molecule has 0 aliphatic rings. The summed E-state index contributed by atoms with van der Waals surface area (Å²) in [6, 6.07) is 2.11. The van der Waals surface area contributed by atoms with Crippen LogP contribution >= 0.6 is 22.9 Å². The van der Waals surface area contributed by atoms with E-state index in [1.54, 1.807) is 0 Å². The molecule has 15 heavy (non-hydrogen) atoms. The van der Waals surface area contributed by atoms with Crippen molar-refractivity contribution >= 4 is 42.1 Å². The molecule has 1 aromatic heterocycles. The van der Waals surface area contributed by atoms with Crippen LogP contribution in [0.4, 0.5) is 0 Å². The van der Waals surface area contributed by atoms with Gasteiger partial charge < -0.3 is 5.73 Å². The van der Waals surface area contributed by atoms with E-state index in [0.717, 1.165) is 16.2 Å². The second-order valence-corrected chi connectivity index (χ2v) is 11.1. The molecule has 0 saturated heterocycles. The minimum atomic E-state index is -1.48. The maximum Gasteiger partial charge on any atom is 0.258 e. The average Bonchev–Trinajstić information content (AvgIpc) is 2.48. The number of amides is 1. The number of nitrogens with two attached hydrogens (primary N) is 1. The highest BCUT2D eigenvalue weighted by atomic mass is 35.5. The molecule has 84 valence electrons. The molecule has 0 atom stereocenters. The van der Waals surface area contributed by atoms with Gasteiger partial charge in [0, 0.05) is 10.8 Å². The fourth-order valence-corrected chi connectivity index (χ4v) is 5.21. The summed E-state index contributed by atoms with van der Waals surface area (Å²) in [7, 11) is -1.48. The Bertz CT molecular complexity index is 370. The summed E-state index contributed by atoms with van der Waals surface area (Å²) in [4.78, 5) is 13.2. The quantitative estimate of drug-likeness (QED) is 0.655. The van der Waals surface area contributed by atoms with Gasteiger partial charge in [0.15, 0.2) is 0 Å². The highest BCUT2D eigenvalue weighted by Crippen LogP contribution is 2.19. The minimum Gasteiger partial charge on any atom is -0.365 e. The van der Waals surface area contributed by atoms with Crippen LogP contribution in [0.15, 0.2) is 6.07 Å². The van der Waals surface area contributed by atoms with Crippen LogP contribution in [0.5, 0.6) is 0 Å². The fraction of sp³-hybridized carbons (Fsp3) is 0.500. The molecule has 0 radical (unpaired) electrons. The minimum absolute atomic E-state index is 0.307. The molecule has 0 fully saturated rings. The standard InChI is InChI=1S/C10H16ClNOSSi/c1-15(2,3)8-6-7(4-5-11)14-9(8)10(12)13/h6H,4-5H2,1-3H3,(H2,12,13). The molecule has 2 N–H and O–H groups in total. The van der Waals surface area contributed by atoms with Gasteiger partial charge in [-0.2, -0.15) is 0 Å². The van der Waals surface area contributed by atoms with Crippen molar-refractivity contribution in [2.45, 2.75) is 26.1 Å². The van der Waals surface area contributed by atoms with E-state index in [2.05, 4.69) is 25.7 Å². The van der Waals surface area contributed by atoms with Crippen molar-refractivity contribution in [3.8, 4) is 0 Å². The summed E-state index contributed by atoms with van der Waals surface area (Å²) in [5.74, 6) is 0.280. The maximum absolute atomic E-state index is 11.3. The molecule has 2 nitrogen and oxygen atoms in total. The van der Waals surface area contributed by atoms with Gasteiger partial charge in [0.2, 0.25) is 0 Å². The van der Waals surface area contributed by atoms with Gasteiger partial charge in [-0.15, -0.1) is 22.9 Å². The Kier molecular flexibility index (Phi) is 3.97. The molecule has 0 aromatic carbocycles. The lowest BCUT2D eigenvalue weighted by molar-refractivity contribution is 0.100. The first-order valence-electron chi connectivity index (χ1n) is 4.85. The lowest BCUT2D eigenvalue weighted by Gasteiger charge is -2.15. The monoisotopic (exact) mass is 261 g/mol. The van der Waals surface area contributed by atoms with E-state index in [-0.39, 0.29) is 5.91 Å². The van der Waals surface area contributed by atoms with Gasteiger partial charge in [-0.25, -0.2) is 0 Å². The van der Waals surface area contributed by atoms with Crippen molar-refractivity contribution in [3.05, 3.63) is 15.8 Å². The van der Waals surface area contributed by atoms with E-state index in [1.807, 2.05) is 0 Å². The van der Waals surface area contributed by atoms with Crippen molar-refractivity contribution in [2.24, 2.45) is 5.73 Å². The summed E-state index contributed by atoms with van der Waals surface area (Å²) < 4.78 is 0. The smallest absolute Gasteiger partial charge is 0.258 e. The largest absolute Gasteiger partial charge is 0.365 e. The molecule has 1 amide bonds. The van der Waals surface area contributed by atoms with Crippen LogP contribution in [0.2, 0.25) is 19.6 Å². The van der Waals surface area contributed by atoms with E-state index in [9.17, 15) is 4.79 Å². The van der Waals surface area contributed by atoms with Gasteiger partial charge in [-0.3, -0.25) is 4.79 Å². The first-order chi connectivity index (χ1) is 6.86. The number of rotatable bonds is 4. The molecular formula is C10H16ClNOSSi. The first-order valence-corrected chi connectivity index (χ1v) is 9.70. The van der Waals surface area contributed by atoms with E-state index in [4.69, 9.17) is 17.3 Å². The molecule has 0 aliphatic carbocycles. The topological polar surface area (TPSA) is 43.1 Å². The number of primary amides is 1. The molecule has 1 aromatic rings. The summed E-state index contributed by atoms with van der Waals surface area (Å²) in [5.41, 5.74) is 5.38. The summed E-state index contributed by atoms with van der Waals surface area (Å²) in [6.07, 6.45) is 0.816. The van der Waals surface area contributed by atoms with Crippen LogP contribution in [0.25, 0.3) is 0 Å². The van der Waals surface area contributed by atoms with Gasteiger partial charge >= 0.3 is 0 Å². The van der Waals surface area contributed by atoms with Crippen molar-refractivity contribution in [2.75, 3.05) is 5.88 Å². The Morgan fingerprint density at radius 1 is 1.53 bits per heavy atom. The van der Waals surface area contributed by atoms with Crippen molar-refractivity contribution in [1.29, 1.82) is 0 Å². The van der Waals surface area contributed by atoms with E-state index < -0.39 is 8.07 Å². The normalized spacial score (nSPS) is 11.7. The van der Waals surface area contributed by atoms with Crippen LogP contribution < -0.4 is 10.9 Å². The highest BCUT2D eigenvalue weighted by molar-refractivity contribution is 7.16. The van der Waals surface area contributed by atoms with Gasteiger partial charge in [-0.1, -0.05) is 19.6 Å². The van der Waals surface area contributed by atoms with E-state index in [1.165, 1.54) is 16.5 Å². The van der Waals surface area contributed by atoms with Gasteiger partial charge in [0.25, 0.3) is 5.91 Å². The van der Waals surface area contributed by atoms with Crippen LogP contribution in [0.3, 0.4) is 0 Å². The molecule has 0 bridgehead atoms. The Morgan fingerprint density at radius 3 is 2.47 bits per heavy atom. The lowest BCUT2D eigenvalue weighted by Crippen LogP contribution is -2.40. The number of hydrogen-bond donors (Lipinski definition) is 1. The SMILES string of the molecule is C[Si](C)(C)c1cc(CCCl)sc1C(N)=O. The number of alkyl halides is 1. The zero-order chi connectivity index (χ0) is 11.6. The van der Waals surface area contributed by atoms with Crippen molar-refractivity contribution < 1.29 is 4.79 Å². The number of thiophene rings is 1. The summed E-state index contributed by atoms with van der Waals surface area (Å²) in [5, 5.41) is 1.17. The zero-order valence-electron chi connectivity index (χ0n) is 9.26. The van der Waals surface area contributed by atoms with Crippen LogP contribution in [-0.2, 0) is 6.42 Å². The number of carbonyl (C=O) groups excluding carboxylic acids is 1. The Labute approximate surface area is 100 Å². The fourth-order valence-electron chi connectivity index (χ4n) is 1.40. The van der Waals surface area contributed by atoms with Crippen LogP contribution in [0.1, 0.15) is 14.5 Å². The van der Waals surface area contributed by atoms with Crippen molar-refractivity contribution in [1.82, 2.24) is 0 Å². The van der Waals surface area contributed by atoms with Gasteiger partial charge in [-0.05, 0) is 17.7 Å². The van der Waals surface area contributed by atoms with Crippen LogP contribution in [0, 0.1) is 0 Å². The molecular weight excluding hydrogens is 246 g/mol. The van der Waals surface area contributed by atoms with Gasteiger partial charge in [0.05, 0.1) is 13.0 Å². The summed E-state index contributed by atoms with van der Waals surface area (Å²) in [6.45, 7) is 6.64. The molecule has 0 unspecified atom stereocenters. The van der Waals surface area contributed by atoms with E-state index >= 15 is 0 Å². The maximum atomic E-state index is 11.3. The molecule has 0 saturated carbocycles. The highest BCUT2D eigenvalue weighted by Gasteiger charge is 2.25. The molecule has 1 rings (SSSR count). The Hall–Kier alpha value is -0.323. The predicted octanol–water partition coefficient (Wildman–Crippen LogP) is 2.17.